The first-order valence-corrected chi connectivity index (χ1v) is 7.07. The van der Waals surface area contributed by atoms with E-state index in [1.54, 1.807) is 30.3 Å². The summed E-state index contributed by atoms with van der Waals surface area (Å²) in [6.45, 7) is 0. The van der Waals surface area contributed by atoms with Crippen molar-refractivity contribution in [3.63, 3.8) is 0 Å². The Morgan fingerprint density at radius 3 is 2.64 bits per heavy atom. The van der Waals surface area contributed by atoms with Crippen molar-refractivity contribution in [2.45, 2.75) is 12.5 Å². The van der Waals surface area contributed by atoms with E-state index in [4.69, 9.17) is 11.6 Å². The van der Waals surface area contributed by atoms with E-state index in [-0.39, 0.29) is 12.1 Å². The highest BCUT2D eigenvalue weighted by Gasteiger charge is 2.40. The van der Waals surface area contributed by atoms with Crippen molar-refractivity contribution in [3.05, 3.63) is 59.4 Å². The summed E-state index contributed by atoms with van der Waals surface area (Å²) >= 11 is 5.89. The number of hydrogen-bond donors (Lipinski definition) is 1. The van der Waals surface area contributed by atoms with Crippen LogP contribution in [0.2, 0.25) is 5.02 Å². The highest BCUT2D eigenvalue weighted by molar-refractivity contribution is 6.30. The van der Waals surface area contributed by atoms with Gasteiger partial charge in [-0.05, 0) is 30.3 Å². The maximum Gasteiger partial charge on any atom is 0.256 e. The summed E-state index contributed by atoms with van der Waals surface area (Å²) in [5.74, 6) is -1.52. The monoisotopic (exact) mass is 318 g/mol. The number of imide groups is 1. The maximum atomic E-state index is 13.8. The number of rotatable bonds is 3. The molecule has 1 aliphatic heterocycles. The van der Waals surface area contributed by atoms with Crippen molar-refractivity contribution in [2.24, 2.45) is 0 Å². The van der Waals surface area contributed by atoms with Gasteiger partial charge in [0.25, 0.3) is 5.91 Å². The van der Waals surface area contributed by atoms with Crippen LogP contribution in [-0.2, 0) is 9.59 Å². The Morgan fingerprint density at radius 1 is 1.14 bits per heavy atom. The Hall–Kier alpha value is -2.40. The summed E-state index contributed by atoms with van der Waals surface area (Å²) in [7, 11) is 0. The van der Waals surface area contributed by atoms with Crippen molar-refractivity contribution in [3.8, 4) is 0 Å². The molecule has 0 unspecified atom stereocenters. The minimum absolute atomic E-state index is 0.0205. The predicted molar refractivity (Wildman–Crippen MR) is 82.4 cm³/mol. The molecule has 22 heavy (non-hydrogen) atoms. The SMILES string of the molecule is O=C1C[C@H](Nc2cccc(Cl)c2)C(=O)N1c1ccccc1F. The summed E-state index contributed by atoms with van der Waals surface area (Å²) in [5, 5.41) is 3.48. The molecule has 112 valence electrons. The fraction of sp³-hybridized carbons (Fsp3) is 0.125. The number of amides is 2. The molecule has 1 N–H and O–H groups in total. The number of carbonyl (C=O) groups is 2. The lowest BCUT2D eigenvalue weighted by Gasteiger charge is -2.16. The van der Waals surface area contributed by atoms with Crippen molar-refractivity contribution in [2.75, 3.05) is 10.2 Å². The highest BCUT2D eigenvalue weighted by atomic mass is 35.5. The lowest BCUT2D eigenvalue weighted by atomic mass is 10.2. The predicted octanol–water partition coefficient (Wildman–Crippen LogP) is 3.22. The van der Waals surface area contributed by atoms with Crippen LogP contribution in [0.15, 0.2) is 48.5 Å². The van der Waals surface area contributed by atoms with E-state index in [2.05, 4.69) is 5.32 Å². The normalized spacial score (nSPS) is 17.9. The Bertz CT molecular complexity index is 750. The summed E-state index contributed by atoms with van der Waals surface area (Å²) in [5.41, 5.74) is 0.613. The number of benzene rings is 2. The van der Waals surface area contributed by atoms with Crippen molar-refractivity contribution in [1.82, 2.24) is 0 Å². The van der Waals surface area contributed by atoms with E-state index < -0.39 is 23.7 Å². The Balaban J connectivity index is 1.84. The largest absolute Gasteiger partial charge is 0.373 e. The number of hydrogen-bond acceptors (Lipinski definition) is 3. The molecule has 6 heteroatoms. The number of anilines is 2. The molecule has 0 aliphatic carbocycles. The number of nitrogens with one attached hydrogen (secondary N) is 1. The van der Waals surface area contributed by atoms with E-state index >= 15 is 0 Å². The van der Waals surface area contributed by atoms with E-state index in [1.165, 1.54) is 18.2 Å². The van der Waals surface area contributed by atoms with Gasteiger partial charge < -0.3 is 5.32 Å². The molecule has 1 atom stereocenters. The van der Waals surface area contributed by atoms with Gasteiger partial charge >= 0.3 is 0 Å². The zero-order valence-electron chi connectivity index (χ0n) is 11.4. The molecule has 1 fully saturated rings. The molecule has 2 aromatic carbocycles. The van der Waals surface area contributed by atoms with Crippen LogP contribution in [0.25, 0.3) is 0 Å². The average Bonchev–Trinajstić information content (AvgIpc) is 2.74. The van der Waals surface area contributed by atoms with Gasteiger partial charge in [0.15, 0.2) is 0 Å². The van der Waals surface area contributed by atoms with E-state index in [0.29, 0.717) is 10.7 Å². The van der Waals surface area contributed by atoms with Gasteiger partial charge in [0, 0.05) is 10.7 Å². The zero-order valence-corrected chi connectivity index (χ0v) is 12.2. The third kappa shape index (κ3) is 2.67. The lowest BCUT2D eigenvalue weighted by molar-refractivity contribution is -0.121. The minimum Gasteiger partial charge on any atom is -0.373 e. The minimum atomic E-state index is -0.731. The van der Waals surface area contributed by atoms with Crippen LogP contribution in [0.3, 0.4) is 0 Å². The van der Waals surface area contributed by atoms with Gasteiger partial charge in [-0.3, -0.25) is 9.59 Å². The van der Waals surface area contributed by atoms with Gasteiger partial charge in [-0.15, -0.1) is 0 Å². The molecular formula is C16H12ClFN2O2. The first kappa shape index (κ1) is 14.5. The number of carbonyl (C=O) groups excluding carboxylic acids is 2. The fourth-order valence-corrected chi connectivity index (χ4v) is 2.60. The van der Waals surface area contributed by atoms with Crippen LogP contribution < -0.4 is 10.2 Å². The van der Waals surface area contributed by atoms with Gasteiger partial charge in [-0.1, -0.05) is 29.8 Å². The molecule has 3 rings (SSSR count). The second-order valence-corrected chi connectivity index (χ2v) is 5.37. The van der Waals surface area contributed by atoms with Crippen molar-refractivity contribution < 1.29 is 14.0 Å². The summed E-state index contributed by atoms with van der Waals surface area (Å²) in [6, 6.07) is 11.8. The molecule has 1 saturated heterocycles. The quantitative estimate of drug-likeness (QED) is 0.884. The van der Waals surface area contributed by atoms with E-state index in [0.717, 1.165) is 4.90 Å². The molecule has 4 nitrogen and oxygen atoms in total. The average molecular weight is 319 g/mol. The number of nitrogens with zero attached hydrogens (tertiary/aromatic N) is 1. The standard InChI is InChI=1S/C16H12ClFN2O2/c17-10-4-3-5-11(8-10)19-13-9-15(21)20(16(13)22)14-7-2-1-6-12(14)18/h1-8,13,19H,9H2/t13-/m0/s1. The Morgan fingerprint density at radius 2 is 1.91 bits per heavy atom. The molecule has 0 spiro atoms. The fourth-order valence-electron chi connectivity index (χ4n) is 2.41. The second kappa shape index (κ2) is 5.77. The lowest BCUT2D eigenvalue weighted by Crippen LogP contribution is -2.35. The first-order valence-electron chi connectivity index (χ1n) is 6.69. The van der Waals surface area contributed by atoms with Crippen LogP contribution in [-0.4, -0.2) is 17.9 Å². The molecule has 1 aliphatic rings. The van der Waals surface area contributed by atoms with Gasteiger partial charge in [-0.2, -0.15) is 0 Å². The highest BCUT2D eigenvalue weighted by Crippen LogP contribution is 2.27. The summed E-state index contributed by atoms with van der Waals surface area (Å²) < 4.78 is 13.8. The van der Waals surface area contributed by atoms with E-state index in [9.17, 15) is 14.0 Å². The Kier molecular flexibility index (Phi) is 3.81. The molecule has 0 radical (unpaired) electrons. The molecule has 0 aromatic heterocycles. The van der Waals surface area contributed by atoms with Crippen LogP contribution >= 0.6 is 11.6 Å². The third-order valence-electron chi connectivity index (χ3n) is 3.41. The molecule has 1 heterocycles. The van der Waals surface area contributed by atoms with Crippen molar-refractivity contribution in [1.29, 1.82) is 0 Å². The zero-order chi connectivity index (χ0) is 15.7. The van der Waals surface area contributed by atoms with Crippen LogP contribution in [0.5, 0.6) is 0 Å². The number of halogens is 2. The van der Waals surface area contributed by atoms with Crippen LogP contribution in [0.4, 0.5) is 15.8 Å². The third-order valence-corrected chi connectivity index (χ3v) is 3.64. The molecular weight excluding hydrogens is 307 g/mol. The molecule has 0 saturated carbocycles. The van der Waals surface area contributed by atoms with Gasteiger partial charge in [0.1, 0.15) is 11.9 Å². The second-order valence-electron chi connectivity index (χ2n) is 4.93. The first-order chi connectivity index (χ1) is 10.6. The van der Waals surface area contributed by atoms with E-state index in [1.807, 2.05) is 0 Å². The van der Waals surface area contributed by atoms with Gasteiger partial charge in [0.05, 0.1) is 12.1 Å². The summed E-state index contributed by atoms with van der Waals surface area (Å²) in [6.07, 6.45) is -0.0281. The van der Waals surface area contributed by atoms with Gasteiger partial charge in [-0.25, -0.2) is 9.29 Å². The smallest absolute Gasteiger partial charge is 0.256 e. The molecule has 2 amide bonds. The van der Waals surface area contributed by atoms with Crippen LogP contribution in [0, 0.1) is 5.82 Å². The van der Waals surface area contributed by atoms with Crippen LogP contribution in [0.1, 0.15) is 6.42 Å². The molecule has 0 bridgehead atoms. The van der Waals surface area contributed by atoms with Gasteiger partial charge in [0.2, 0.25) is 5.91 Å². The maximum absolute atomic E-state index is 13.8. The summed E-state index contributed by atoms with van der Waals surface area (Å²) in [4.78, 5) is 25.4. The molecule has 2 aromatic rings. The van der Waals surface area contributed by atoms with Crippen molar-refractivity contribution >= 4 is 34.8 Å². The Labute approximate surface area is 131 Å². The number of para-hydroxylation sites is 1. The topological polar surface area (TPSA) is 49.4 Å².